The molecule has 0 amide bonds. The summed E-state index contributed by atoms with van der Waals surface area (Å²) in [5, 5.41) is 0. The molecule has 10 heavy (non-hydrogen) atoms. The van der Waals surface area contributed by atoms with E-state index in [1.54, 1.807) is 6.92 Å². The van der Waals surface area contributed by atoms with E-state index in [0.29, 0.717) is 0 Å². The fraction of sp³-hybridized carbons (Fsp3) is 0.750. The quantitative estimate of drug-likeness (QED) is 0.491. The highest BCUT2D eigenvalue weighted by atomic mass is 79.9. The highest BCUT2D eigenvalue weighted by Gasteiger charge is 2.09. The SMILES string of the molecule is CC/C=C\CC(Br)[C@@H](C)F. The van der Waals surface area contributed by atoms with Crippen LogP contribution < -0.4 is 0 Å². The summed E-state index contributed by atoms with van der Waals surface area (Å²) in [5.74, 6) is 0. The first-order valence-electron chi connectivity index (χ1n) is 3.61. The number of halogens is 2. The molecule has 2 atom stereocenters. The van der Waals surface area contributed by atoms with E-state index in [2.05, 4.69) is 28.9 Å². The van der Waals surface area contributed by atoms with Gasteiger partial charge in [0.2, 0.25) is 0 Å². The third-order valence-corrected chi connectivity index (χ3v) is 2.36. The maximum atomic E-state index is 12.4. The van der Waals surface area contributed by atoms with Crippen LogP contribution in [0.2, 0.25) is 0 Å². The lowest BCUT2D eigenvalue weighted by Crippen LogP contribution is -2.09. The van der Waals surface area contributed by atoms with Crippen LogP contribution in [0.25, 0.3) is 0 Å². The maximum absolute atomic E-state index is 12.4. The summed E-state index contributed by atoms with van der Waals surface area (Å²) in [4.78, 5) is -0.0182. The van der Waals surface area contributed by atoms with Gasteiger partial charge in [-0.2, -0.15) is 0 Å². The molecule has 60 valence electrons. The molecule has 0 heterocycles. The molecule has 0 rings (SSSR count). The molecule has 2 heteroatoms. The fourth-order valence-electron chi connectivity index (χ4n) is 0.580. The standard InChI is InChI=1S/C8H14BrF/c1-3-4-5-6-8(9)7(2)10/h4-5,7-8H,3,6H2,1-2H3/b5-4-/t7-,8?/m1/s1. The minimum atomic E-state index is -0.762. The summed E-state index contributed by atoms with van der Waals surface area (Å²) in [5.41, 5.74) is 0. The minimum absolute atomic E-state index is 0.0182. The van der Waals surface area contributed by atoms with Gasteiger partial charge >= 0.3 is 0 Å². The number of hydrogen-bond acceptors (Lipinski definition) is 0. The van der Waals surface area contributed by atoms with Crippen molar-refractivity contribution in [3.8, 4) is 0 Å². The second kappa shape index (κ2) is 5.90. The van der Waals surface area contributed by atoms with E-state index in [-0.39, 0.29) is 4.83 Å². The van der Waals surface area contributed by atoms with Gasteiger partial charge < -0.3 is 0 Å². The lowest BCUT2D eigenvalue weighted by molar-refractivity contribution is 0.355. The zero-order chi connectivity index (χ0) is 7.98. The molecule has 0 saturated heterocycles. The lowest BCUT2D eigenvalue weighted by atomic mass is 10.2. The molecular weight excluding hydrogens is 195 g/mol. The van der Waals surface area contributed by atoms with E-state index in [1.165, 1.54) is 0 Å². The Labute approximate surface area is 70.6 Å². The summed E-state index contributed by atoms with van der Waals surface area (Å²) in [6.45, 7) is 3.64. The van der Waals surface area contributed by atoms with Crippen LogP contribution in [-0.2, 0) is 0 Å². The normalized spacial score (nSPS) is 17.6. The largest absolute Gasteiger partial charge is 0.247 e. The van der Waals surface area contributed by atoms with Gasteiger partial charge in [0, 0.05) is 4.83 Å². The molecule has 0 aliphatic heterocycles. The predicted octanol–water partition coefficient (Wildman–Crippen LogP) is 3.46. The van der Waals surface area contributed by atoms with E-state index >= 15 is 0 Å². The summed E-state index contributed by atoms with van der Waals surface area (Å²) < 4.78 is 12.4. The Balaban J connectivity index is 3.38. The Morgan fingerprint density at radius 1 is 1.50 bits per heavy atom. The minimum Gasteiger partial charge on any atom is -0.247 e. The molecule has 0 bridgehead atoms. The molecule has 0 aliphatic carbocycles. The van der Waals surface area contributed by atoms with Gasteiger partial charge in [-0.1, -0.05) is 35.0 Å². The van der Waals surface area contributed by atoms with Crippen molar-refractivity contribution in [1.82, 2.24) is 0 Å². The van der Waals surface area contributed by atoms with E-state index in [4.69, 9.17) is 0 Å². The fourth-order valence-corrected chi connectivity index (χ4v) is 0.796. The van der Waals surface area contributed by atoms with Gasteiger partial charge in [0.1, 0.15) is 6.17 Å². The Bertz CT molecular complexity index is 99.4. The number of hydrogen-bond donors (Lipinski definition) is 0. The first kappa shape index (κ1) is 10.2. The van der Waals surface area contributed by atoms with Crippen LogP contribution in [0.5, 0.6) is 0 Å². The summed E-state index contributed by atoms with van der Waals surface area (Å²) in [6.07, 6.45) is 5.11. The molecule has 0 saturated carbocycles. The third-order valence-electron chi connectivity index (χ3n) is 1.26. The average Bonchev–Trinajstić information content (AvgIpc) is 1.88. The van der Waals surface area contributed by atoms with Gasteiger partial charge in [-0.05, 0) is 19.8 Å². The van der Waals surface area contributed by atoms with Gasteiger partial charge in [0.15, 0.2) is 0 Å². The van der Waals surface area contributed by atoms with Crippen molar-refractivity contribution in [3.63, 3.8) is 0 Å². The van der Waals surface area contributed by atoms with Gasteiger partial charge in [-0.25, -0.2) is 4.39 Å². The molecule has 0 aliphatic rings. The highest BCUT2D eigenvalue weighted by molar-refractivity contribution is 9.09. The number of allylic oxidation sites excluding steroid dienone is 2. The van der Waals surface area contributed by atoms with Gasteiger partial charge in [0.05, 0.1) is 0 Å². The Morgan fingerprint density at radius 2 is 2.10 bits per heavy atom. The second-order valence-electron chi connectivity index (χ2n) is 2.31. The zero-order valence-corrected chi connectivity index (χ0v) is 8.07. The van der Waals surface area contributed by atoms with E-state index in [9.17, 15) is 4.39 Å². The van der Waals surface area contributed by atoms with Crippen LogP contribution in [0.15, 0.2) is 12.2 Å². The summed E-state index contributed by atoms with van der Waals surface area (Å²) in [6, 6.07) is 0. The molecule has 0 aromatic carbocycles. The van der Waals surface area contributed by atoms with Crippen molar-refractivity contribution in [2.24, 2.45) is 0 Å². The molecule has 1 unspecified atom stereocenters. The summed E-state index contributed by atoms with van der Waals surface area (Å²) in [7, 11) is 0. The van der Waals surface area contributed by atoms with E-state index in [1.807, 2.05) is 6.08 Å². The molecule has 0 N–H and O–H groups in total. The molecule has 0 nitrogen and oxygen atoms in total. The number of rotatable bonds is 4. The second-order valence-corrected chi connectivity index (χ2v) is 3.49. The van der Waals surface area contributed by atoms with Gasteiger partial charge in [0.25, 0.3) is 0 Å². The van der Waals surface area contributed by atoms with Gasteiger partial charge in [-0.15, -0.1) is 0 Å². The van der Waals surface area contributed by atoms with Crippen molar-refractivity contribution < 1.29 is 4.39 Å². The highest BCUT2D eigenvalue weighted by Crippen LogP contribution is 2.13. The maximum Gasteiger partial charge on any atom is 0.110 e. The van der Waals surface area contributed by atoms with E-state index in [0.717, 1.165) is 12.8 Å². The number of alkyl halides is 2. The monoisotopic (exact) mass is 208 g/mol. The topological polar surface area (TPSA) is 0 Å². The van der Waals surface area contributed by atoms with Crippen LogP contribution in [0.3, 0.4) is 0 Å². The molecule has 0 aromatic heterocycles. The Kier molecular flexibility index (Phi) is 5.99. The third kappa shape index (κ3) is 4.98. The van der Waals surface area contributed by atoms with Crippen LogP contribution >= 0.6 is 15.9 Å². The van der Waals surface area contributed by atoms with Gasteiger partial charge in [-0.3, -0.25) is 0 Å². The Morgan fingerprint density at radius 3 is 2.50 bits per heavy atom. The molecular formula is C8H14BrF. The summed E-state index contributed by atoms with van der Waals surface area (Å²) >= 11 is 3.25. The average molecular weight is 209 g/mol. The predicted molar refractivity (Wildman–Crippen MR) is 47.3 cm³/mol. The first-order valence-corrected chi connectivity index (χ1v) is 4.53. The van der Waals surface area contributed by atoms with Crippen LogP contribution in [-0.4, -0.2) is 11.0 Å². The van der Waals surface area contributed by atoms with Crippen molar-refractivity contribution in [3.05, 3.63) is 12.2 Å². The first-order chi connectivity index (χ1) is 4.68. The molecule has 0 radical (unpaired) electrons. The van der Waals surface area contributed by atoms with Crippen LogP contribution in [0.4, 0.5) is 4.39 Å². The molecule has 0 aromatic rings. The lowest BCUT2D eigenvalue weighted by Gasteiger charge is -2.06. The smallest absolute Gasteiger partial charge is 0.110 e. The van der Waals surface area contributed by atoms with Crippen molar-refractivity contribution in [2.45, 2.75) is 37.7 Å². The molecule has 0 fully saturated rings. The Hall–Kier alpha value is 0.150. The van der Waals surface area contributed by atoms with Crippen molar-refractivity contribution >= 4 is 15.9 Å². The van der Waals surface area contributed by atoms with Crippen LogP contribution in [0, 0.1) is 0 Å². The molecule has 0 spiro atoms. The zero-order valence-electron chi connectivity index (χ0n) is 6.48. The van der Waals surface area contributed by atoms with Crippen molar-refractivity contribution in [1.29, 1.82) is 0 Å². The van der Waals surface area contributed by atoms with Crippen molar-refractivity contribution in [2.75, 3.05) is 0 Å². The van der Waals surface area contributed by atoms with E-state index < -0.39 is 6.17 Å². The van der Waals surface area contributed by atoms with Crippen LogP contribution in [0.1, 0.15) is 26.7 Å².